The summed E-state index contributed by atoms with van der Waals surface area (Å²) in [6.45, 7) is 1.04. The first-order valence-corrected chi connectivity index (χ1v) is 9.01. The number of carbonyl (C=O) groups excluding carboxylic acids is 1. The van der Waals surface area contributed by atoms with Gasteiger partial charge in [0.2, 0.25) is 0 Å². The maximum absolute atomic E-state index is 12.0. The quantitative estimate of drug-likeness (QED) is 0.465. The molecule has 7 heteroatoms. The molecule has 4 rings (SSSR count). The highest BCUT2D eigenvalue weighted by Crippen LogP contribution is 2.31. The first kappa shape index (κ1) is 18.1. The molecule has 0 amide bonds. The van der Waals surface area contributed by atoms with Gasteiger partial charge in [-0.1, -0.05) is 35.0 Å². The van der Waals surface area contributed by atoms with Crippen LogP contribution >= 0.6 is 11.6 Å². The molecule has 28 heavy (non-hydrogen) atoms. The lowest BCUT2D eigenvalue weighted by Gasteiger charge is -2.18. The van der Waals surface area contributed by atoms with Crippen molar-refractivity contribution in [1.82, 2.24) is 5.16 Å². The summed E-state index contributed by atoms with van der Waals surface area (Å²) >= 11 is 5.88. The Morgan fingerprint density at radius 2 is 1.86 bits per heavy atom. The predicted octanol–water partition coefficient (Wildman–Crippen LogP) is 4.52. The summed E-state index contributed by atoms with van der Waals surface area (Å²) in [5.41, 5.74) is 2.32. The van der Waals surface area contributed by atoms with Crippen molar-refractivity contribution < 1.29 is 23.5 Å². The lowest BCUT2D eigenvalue weighted by atomic mass is 10.1. The van der Waals surface area contributed by atoms with E-state index in [0.717, 1.165) is 11.1 Å². The van der Waals surface area contributed by atoms with Gasteiger partial charge in [-0.05, 0) is 35.9 Å². The standard InChI is InChI=1S/C21H16ClNO5/c22-16-5-3-15(4-6-16)18-12-17(28-23-18)13-27-21(24)8-2-14-1-7-19-20(11-14)26-10-9-25-19/h1-8,11-12H,9-10,13H2. The number of halogens is 1. The highest BCUT2D eigenvalue weighted by molar-refractivity contribution is 6.30. The van der Waals surface area contributed by atoms with Gasteiger partial charge < -0.3 is 18.7 Å². The zero-order chi connectivity index (χ0) is 19.3. The van der Waals surface area contributed by atoms with Crippen LogP contribution in [0.4, 0.5) is 0 Å². The number of carbonyl (C=O) groups is 1. The number of ether oxygens (including phenoxy) is 3. The Labute approximate surface area is 166 Å². The second-order valence-electron chi connectivity index (χ2n) is 6.03. The van der Waals surface area contributed by atoms with E-state index in [1.807, 2.05) is 30.3 Å². The lowest BCUT2D eigenvalue weighted by molar-refractivity contribution is -0.139. The third-order valence-electron chi connectivity index (χ3n) is 4.03. The van der Waals surface area contributed by atoms with Crippen molar-refractivity contribution >= 4 is 23.6 Å². The molecule has 0 spiro atoms. The van der Waals surface area contributed by atoms with E-state index in [1.165, 1.54) is 6.08 Å². The lowest BCUT2D eigenvalue weighted by Crippen LogP contribution is -2.15. The van der Waals surface area contributed by atoms with E-state index in [0.29, 0.717) is 41.2 Å². The molecule has 0 saturated carbocycles. The summed E-state index contributed by atoms with van der Waals surface area (Å²) in [4.78, 5) is 12.0. The van der Waals surface area contributed by atoms with Gasteiger partial charge in [0.05, 0.1) is 0 Å². The Kier molecular flexibility index (Phi) is 5.30. The monoisotopic (exact) mass is 397 g/mol. The second-order valence-corrected chi connectivity index (χ2v) is 6.47. The molecule has 2 aromatic carbocycles. The van der Waals surface area contributed by atoms with E-state index >= 15 is 0 Å². The smallest absolute Gasteiger partial charge is 0.331 e. The normalized spacial score (nSPS) is 12.9. The van der Waals surface area contributed by atoms with Gasteiger partial charge in [0.15, 0.2) is 23.9 Å². The molecular formula is C21H16ClNO5. The van der Waals surface area contributed by atoms with Gasteiger partial charge in [0.25, 0.3) is 0 Å². The molecule has 1 aliphatic rings. The van der Waals surface area contributed by atoms with Crippen molar-refractivity contribution in [3.05, 3.63) is 71.0 Å². The molecule has 0 radical (unpaired) electrons. The van der Waals surface area contributed by atoms with E-state index in [9.17, 15) is 4.79 Å². The molecular weight excluding hydrogens is 382 g/mol. The Balaban J connectivity index is 1.33. The molecule has 0 saturated heterocycles. The van der Waals surface area contributed by atoms with Crippen LogP contribution in [0.1, 0.15) is 11.3 Å². The summed E-state index contributed by atoms with van der Waals surface area (Å²) in [5.74, 6) is 1.33. The van der Waals surface area contributed by atoms with Crippen molar-refractivity contribution in [3.8, 4) is 22.8 Å². The SMILES string of the molecule is O=C(C=Cc1ccc2c(c1)OCCO2)OCc1cc(-c2ccc(Cl)cc2)no1. The Morgan fingerprint density at radius 3 is 2.68 bits per heavy atom. The van der Waals surface area contributed by atoms with Gasteiger partial charge in [-0.3, -0.25) is 0 Å². The van der Waals surface area contributed by atoms with Gasteiger partial charge in [-0.25, -0.2) is 4.79 Å². The third-order valence-corrected chi connectivity index (χ3v) is 4.29. The van der Waals surface area contributed by atoms with E-state index in [1.54, 1.807) is 24.3 Å². The van der Waals surface area contributed by atoms with Gasteiger partial charge in [-0.2, -0.15) is 0 Å². The van der Waals surface area contributed by atoms with Crippen molar-refractivity contribution in [2.75, 3.05) is 13.2 Å². The molecule has 0 bridgehead atoms. The fourth-order valence-electron chi connectivity index (χ4n) is 2.66. The minimum absolute atomic E-state index is 0.00903. The number of rotatable bonds is 5. The number of hydrogen-bond acceptors (Lipinski definition) is 6. The van der Waals surface area contributed by atoms with Gasteiger partial charge >= 0.3 is 5.97 Å². The van der Waals surface area contributed by atoms with Crippen LogP contribution in [0.15, 0.2) is 59.1 Å². The van der Waals surface area contributed by atoms with Gasteiger partial charge in [-0.15, -0.1) is 0 Å². The van der Waals surface area contributed by atoms with Crippen molar-refractivity contribution in [1.29, 1.82) is 0 Å². The molecule has 0 atom stereocenters. The average molecular weight is 398 g/mol. The zero-order valence-corrected chi connectivity index (χ0v) is 15.5. The summed E-state index contributed by atoms with van der Waals surface area (Å²) in [6.07, 6.45) is 3.00. The highest BCUT2D eigenvalue weighted by atomic mass is 35.5. The average Bonchev–Trinajstić information content (AvgIpc) is 3.20. The number of nitrogens with zero attached hydrogens (tertiary/aromatic N) is 1. The molecule has 0 aliphatic carbocycles. The molecule has 142 valence electrons. The van der Waals surface area contributed by atoms with Crippen molar-refractivity contribution in [2.45, 2.75) is 6.61 Å². The predicted molar refractivity (Wildman–Crippen MR) is 103 cm³/mol. The molecule has 0 N–H and O–H groups in total. The topological polar surface area (TPSA) is 70.8 Å². The van der Waals surface area contributed by atoms with E-state index in [4.69, 9.17) is 30.3 Å². The van der Waals surface area contributed by atoms with Crippen LogP contribution in [-0.2, 0) is 16.1 Å². The van der Waals surface area contributed by atoms with Crippen LogP contribution in [0, 0.1) is 0 Å². The maximum atomic E-state index is 12.0. The van der Waals surface area contributed by atoms with Gasteiger partial charge in [0.1, 0.15) is 18.9 Å². The minimum Gasteiger partial charge on any atom is -0.486 e. The first-order chi connectivity index (χ1) is 13.7. The van der Waals surface area contributed by atoms with E-state index < -0.39 is 5.97 Å². The number of benzene rings is 2. The third kappa shape index (κ3) is 4.35. The van der Waals surface area contributed by atoms with E-state index in [-0.39, 0.29) is 6.61 Å². The van der Waals surface area contributed by atoms with E-state index in [2.05, 4.69) is 5.16 Å². The Morgan fingerprint density at radius 1 is 1.07 bits per heavy atom. The summed E-state index contributed by atoms with van der Waals surface area (Å²) in [6, 6.07) is 14.4. The van der Waals surface area contributed by atoms with Crippen LogP contribution in [0.3, 0.4) is 0 Å². The first-order valence-electron chi connectivity index (χ1n) is 8.63. The van der Waals surface area contributed by atoms with Crippen LogP contribution in [0.5, 0.6) is 11.5 Å². The van der Waals surface area contributed by atoms with Crippen LogP contribution < -0.4 is 9.47 Å². The van der Waals surface area contributed by atoms with Crippen LogP contribution in [0.25, 0.3) is 17.3 Å². The fourth-order valence-corrected chi connectivity index (χ4v) is 2.78. The minimum atomic E-state index is -0.487. The largest absolute Gasteiger partial charge is 0.486 e. The van der Waals surface area contributed by atoms with Gasteiger partial charge in [0, 0.05) is 22.7 Å². The summed E-state index contributed by atoms with van der Waals surface area (Å²) in [5, 5.41) is 4.62. The Bertz CT molecular complexity index is 1010. The molecule has 1 aromatic heterocycles. The number of aromatic nitrogens is 1. The fraction of sp³-hybridized carbons (Fsp3) is 0.143. The molecule has 0 fully saturated rings. The molecule has 1 aliphatic heterocycles. The summed E-state index contributed by atoms with van der Waals surface area (Å²) < 4.78 is 21.4. The molecule has 2 heterocycles. The van der Waals surface area contributed by atoms with Crippen LogP contribution in [0.2, 0.25) is 5.02 Å². The number of hydrogen-bond donors (Lipinski definition) is 0. The molecule has 6 nitrogen and oxygen atoms in total. The van der Waals surface area contributed by atoms with Crippen LogP contribution in [-0.4, -0.2) is 24.3 Å². The number of fused-ring (bicyclic) bond motifs is 1. The zero-order valence-electron chi connectivity index (χ0n) is 14.8. The highest BCUT2D eigenvalue weighted by Gasteiger charge is 2.11. The number of esters is 1. The Hall–Kier alpha value is -3.25. The summed E-state index contributed by atoms with van der Waals surface area (Å²) in [7, 11) is 0. The maximum Gasteiger partial charge on any atom is 0.331 e. The van der Waals surface area contributed by atoms with Crippen molar-refractivity contribution in [3.63, 3.8) is 0 Å². The molecule has 0 unspecified atom stereocenters. The second kappa shape index (κ2) is 8.19. The molecule has 3 aromatic rings. The van der Waals surface area contributed by atoms with Crippen molar-refractivity contribution in [2.24, 2.45) is 0 Å².